The zero-order chi connectivity index (χ0) is 32.0. The highest BCUT2D eigenvalue weighted by atomic mass is 35.5. The molecular weight excluding hydrogens is 601 g/mol. The number of nitrogens with zero attached hydrogens (tertiary/aromatic N) is 1. The maximum atomic E-state index is 13.6. The molecule has 3 amide bonds. The van der Waals surface area contributed by atoms with Crippen LogP contribution in [-0.4, -0.2) is 40.8 Å². The lowest BCUT2D eigenvalue weighted by Gasteiger charge is -2.33. The van der Waals surface area contributed by atoms with E-state index in [4.69, 9.17) is 28.3 Å². The number of hydrogen-bond acceptors (Lipinski definition) is 4. The molecule has 0 heterocycles. The van der Waals surface area contributed by atoms with Gasteiger partial charge in [-0.25, -0.2) is 9.59 Å². The minimum atomic E-state index is -1.69. The van der Waals surface area contributed by atoms with Crippen molar-refractivity contribution in [1.82, 2.24) is 5.32 Å². The van der Waals surface area contributed by atoms with Crippen molar-refractivity contribution in [2.75, 3.05) is 16.8 Å². The first-order valence-electron chi connectivity index (χ1n) is 14.4. The van der Waals surface area contributed by atoms with Crippen LogP contribution in [0, 0.1) is 11.3 Å². The number of carboxylic acids is 1. The van der Waals surface area contributed by atoms with Crippen LogP contribution in [0.2, 0.25) is 10.0 Å². The highest BCUT2D eigenvalue weighted by Gasteiger charge is 2.26. The number of carboxylic acid groups (broad SMARTS) is 1. The van der Waals surface area contributed by atoms with Gasteiger partial charge in [0.2, 0.25) is 0 Å². The quantitative estimate of drug-likeness (QED) is 0.192. The third kappa shape index (κ3) is 8.85. The van der Waals surface area contributed by atoms with Crippen molar-refractivity contribution in [3.05, 3.63) is 99.5 Å². The first-order chi connectivity index (χ1) is 20.8. The maximum Gasteiger partial charge on any atom is 0.334 e. The molecule has 0 aliphatic heterocycles. The van der Waals surface area contributed by atoms with E-state index in [1.54, 1.807) is 47.4 Å². The van der Waals surface area contributed by atoms with Gasteiger partial charge in [-0.2, -0.15) is 0 Å². The monoisotopic (exact) mass is 637 g/mol. The molecule has 0 fully saturated rings. The summed E-state index contributed by atoms with van der Waals surface area (Å²) in [4.78, 5) is 38.4. The van der Waals surface area contributed by atoms with Gasteiger partial charge < -0.3 is 20.8 Å². The normalized spacial score (nSPS) is 15.6. The van der Waals surface area contributed by atoms with Crippen LogP contribution in [0.5, 0.6) is 0 Å². The molecule has 1 unspecified atom stereocenters. The standard InChI is InChI=1S/C34H37Cl2N3O5/c1-34(2,3)25-12-8-22(9-13-25)23-10-14-29(15-11-23)39(33(44)38-28-17-26(35)16-27(36)18-28)20-21-4-6-24(7-5-21)31(41)37-19-30(40)32(42)43/h4-8,10-11,14-18,25,30,40H,9,12-13,19-20H2,1-3H3,(H,37,41)(H,38,44)(H,42,43)/t25?,30-/m1/s1. The largest absolute Gasteiger partial charge is 0.479 e. The SMILES string of the molecule is CC(C)(C)C1CC=C(c2ccc(N(Cc3ccc(C(=O)NC[C@@H](O)C(=O)O)cc3)C(=O)Nc3cc(Cl)cc(Cl)c3)cc2)CC1. The van der Waals surface area contributed by atoms with Crippen molar-refractivity contribution in [2.24, 2.45) is 11.3 Å². The average Bonchev–Trinajstić information content (AvgIpc) is 2.98. The number of benzene rings is 3. The summed E-state index contributed by atoms with van der Waals surface area (Å²) in [6, 6.07) is 18.9. The van der Waals surface area contributed by atoms with Gasteiger partial charge in [-0.05, 0) is 89.8 Å². The van der Waals surface area contributed by atoms with E-state index in [1.165, 1.54) is 5.57 Å². The maximum absolute atomic E-state index is 13.6. The van der Waals surface area contributed by atoms with Crippen LogP contribution >= 0.6 is 23.2 Å². The van der Waals surface area contributed by atoms with Gasteiger partial charge in [-0.15, -0.1) is 0 Å². The van der Waals surface area contributed by atoms with Crippen molar-refractivity contribution in [1.29, 1.82) is 0 Å². The molecule has 0 bridgehead atoms. The Hall–Kier alpha value is -3.85. The van der Waals surface area contributed by atoms with Gasteiger partial charge in [0.05, 0.1) is 13.1 Å². The van der Waals surface area contributed by atoms with Crippen molar-refractivity contribution < 1.29 is 24.6 Å². The lowest BCUT2D eigenvalue weighted by atomic mass is 9.72. The first kappa shape index (κ1) is 33.1. The van der Waals surface area contributed by atoms with Gasteiger partial charge in [0.25, 0.3) is 5.91 Å². The van der Waals surface area contributed by atoms with E-state index >= 15 is 0 Å². The van der Waals surface area contributed by atoms with Crippen molar-refractivity contribution in [2.45, 2.75) is 52.7 Å². The number of aliphatic carboxylic acids is 1. The number of carbonyl (C=O) groups is 3. The highest BCUT2D eigenvalue weighted by molar-refractivity contribution is 6.35. The Labute approximate surface area is 267 Å². The highest BCUT2D eigenvalue weighted by Crippen LogP contribution is 2.40. The van der Waals surface area contributed by atoms with Crippen LogP contribution in [0.4, 0.5) is 16.2 Å². The molecule has 3 aromatic carbocycles. The van der Waals surface area contributed by atoms with Crippen LogP contribution < -0.4 is 15.5 Å². The number of anilines is 2. The third-order valence-electron chi connectivity index (χ3n) is 7.84. The lowest BCUT2D eigenvalue weighted by Crippen LogP contribution is -2.36. The van der Waals surface area contributed by atoms with E-state index in [2.05, 4.69) is 37.5 Å². The van der Waals surface area contributed by atoms with Crippen LogP contribution in [-0.2, 0) is 11.3 Å². The Morgan fingerprint density at radius 3 is 2.16 bits per heavy atom. The fourth-order valence-electron chi connectivity index (χ4n) is 5.16. The van der Waals surface area contributed by atoms with Crippen LogP contribution in [0.1, 0.15) is 61.5 Å². The lowest BCUT2D eigenvalue weighted by molar-refractivity contribution is -0.146. The molecule has 232 valence electrons. The van der Waals surface area contributed by atoms with E-state index in [1.807, 2.05) is 24.3 Å². The van der Waals surface area contributed by atoms with Crippen LogP contribution in [0.3, 0.4) is 0 Å². The summed E-state index contributed by atoms with van der Waals surface area (Å²) >= 11 is 12.3. The molecule has 8 nitrogen and oxygen atoms in total. The predicted octanol–water partition coefficient (Wildman–Crippen LogP) is 7.64. The topological polar surface area (TPSA) is 119 Å². The number of rotatable bonds is 9. The molecule has 0 saturated heterocycles. The van der Waals surface area contributed by atoms with Crippen molar-refractivity contribution in [3.8, 4) is 0 Å². The average molecular weight is 639 g/mol. The van der Waals surface area contributed by atoms with Gasteiger partial charge in [0.1, 0.15) is 0 Å². The number of urea groups is 1. The zero-order valence-electron chi connectivity index (χ0n) is 24.9. The molecule has 44 heavy (non-hydrogen) atoms. The summed E-state index contributed by atoms with van der Waals surface area (Å²) in [5, 5.41) is 24.3. The number of nitrogens with one attached hydrogen (secondary N) is 2. The summed E-state index contributed by atoms with van der Waals surface area (Å²) in [5.74, 6) is -1.29. The molecule has 0 aromatic heterocycles. The van der Waals surface area contributed by atoms with Gasteiger partial charge in [0.15, 0.2) is 6.10 Å². The summed E-state index contributed by atoms with van der Waals surface area (Å²) in [6.07, 6.45) is 3.84. The molecule has 0 saturated carbocycles. The number of aliphatic hydroxyl groups excluding tert-OH is 1. The van der Waals surface area contributed by atoms with E-state index in [0.717, 1.165) is 30.4 Å². The molecule has 0 radical (unpaired) electrons. The second-order valence-corrected chi connectivity index (χ2v) is 12.9. The molecule has 0 spiro atoms. The Bertz CT molecular complexity index is 1510. The molecular formula is C34H37Cl2N3O5. The molecule has 1 aliphatic rings. The van der Waals surface area contributed by atoms with Crippen LogP contribution in [0.25, 0.3) is 5.57 Å². The smallest absolute Gasteiger partial charge is 0.334 e. The van der Waals surface area contributed by atoms with Gasteiger partial charge in [-0.3, -0.25) is 9.69 Å². The second kappa shape index (κ2) is 14.3. The number of carbonyl (C=O) groups excluding carboxylic acids is 2. The van der Waals surface area contributed by atoms with Crippen molar-refractivity contribution in [3.63, 3.8) is 0 Å². The van der Waals surface area contributed by atoms with Gasteiger partial charge in [0, 0.05) is 27.0 Å². The van der Waals surface area contributed by atoms with E-state index in [-0.39, 0.29) is 17.5 Å². The summed E-state index contributed by atoms with van der Waals surface area (Å²) in [6.45, 7) is 6.64. The number of halogens is 2. The molecule has 4 N–H and O–H groups in total. The Kier molecular flexibility index (Phi) is 10.7. The van der Waals surface area contributed by atoms with Crippen LogP contribution in [0.15, 0.2) is 72.8 Å². The fourth-order valence-corrected chi connectivity index (χ4v) is 5.68. The molecule has 10 heteroatoms. The molecule has 2 atom stereocenters. The number of hydrogen-bond donors (Lipinski definition) is 4. The van der Waals surface area contributed by atoms with E-state index < -0.39 is 30.6 Å². The predicted molar refractivity (Wildman–Crippen MR) is 175 cm³/mol. The minimum absolute atomic E-state index is 0.190. The first-order valence-corrected chi connectivity index (χ1v) is 15.2. The zero-order valence-corrected chi connectivity index (χ0v) is 26.5. The fraction of sp³-hybridized carbons (Fsp3) is 0.324. The Balaban J connectivity index is 1.54. The number of amides is 3. The van der Waals surface area contributed by atoms with E-state index in [9.17, 15) is 19.5 Å². The minimum Gasteiger partial charge on any atom is -0.479 e. The molecule has 4 rings (SSSR count). The summed E-state index contributed by atoms with van der Waals surface area (Å²) in [7, 11) is 0. The van der Waals surface area contributed by atoms with E-state index in [0.29, 0.717) is 27.3 Å². The second-order valence-electron chi connectivity index (χ2n) is 12.0. The Morgan fingerprint density at radius 2 is 1.61 bits per heavy atom. The number of allylic oxidation sites excluding steroid dienone is 2. The molecule has 3 aromatic rings. The van der Waals surface area contributed by atoms with Gasteiger partial charge >= 0.3 is 12.0 Å². The molecule has 1 aliphatic carbocycles. The van der Waals surface area contributed by atoms with Crippen molar-refractivity contribution >= 4 is 58.1 Å². The number of aliphatic hydroxyl groups is 1. The summed E-state index contributed by atoms with van der Waals surface area (Å²) < 4.78 is 0. The Morgan fingerprint density at radius 1 is 0.977 bits per heavy atom. The summed E-state index contributed by atoms with van der Waals surface area (Å²) in [5.41, 5.74) is 4.88. The van der Waals surface area contributed by atoms with Gasteiger partial charge in [-0.1, -0.05) is 74.3 Å². The third-order valence-corrected chi connectivity index (χ3v) is 8.28.